The predicted octanol–water partition coefficient (Wildman–Crippen LogP) is 5.25. The normalized spacial score (nSPS) is 20.7. The van der Waals surface area contributed by atoms with Crippen molar-refractivity contribution in [3.63, 3.8) is 0 Å². The second kappa shape index (κ2) is 10.4. The van der Waals surface area contributed by atoms with Crippen LogP contribution in [0.5, 0.6) is 0 Å². The molecule has 1 saturated carbocycles. The molecule has 0 saturated heterocycles. The first-order valence-electron chi connectivity index (χ1n) is 11.6. The number of benzene rings is 2. The minimum atomic E-state index is -3.77. The van der Waals surface area contributed by atoms with Crippen molar-refractivity contribution >= 4 is 27.5 Å². The lowest BCUT2D eigenvalue weighted by molar-refractivity contribution is -0.122. The Bertz CT molecular complexity index is 1030. The maximum Gasteiger partial charge on any atom is 0.243 e. The van der Waals surface area contributed by atoms with E-state index in [1.165, 1.54) is 35.7 Å². The van der Waals surface area contributed by atoms with Crippen LogP contribution in [0.4, 0.5) is 0 Å². The number of hydrogen-bond donors (Lipinski definition) is 1. The quantitative estimate of drug-likeness (QED) is 0.643. The van der Waals surface area contributed by atoms with E-state index in [4.69, 9.17) is 11.6 Å². The van der Waals surface area contributed by atoms with Gasteiger partial charge in [-0.05, 0) is 54.7 Å². The Labute approximate surface area is 196 Å². The molecule has 1 atom stereocenters. The lowest BCUT2D eigenvalue weighted by Gasteiger charge is -2.36. The summed E-state index contributed by atoms with van der Waals surface area (Å²) in [5, 5.41) is 3.70. The summed E-state index contributed by atoms with van der Waals surface area (Å²) in [4.78, 5) is 13.3. The van der Waals surface area contributed by atoms with E-state index in [1.54, 1.807) is 12.1 Å². The number of halogens is 1. The molecule has 1 N–H and O–H groups in total. The van der Waals surface area contributed by atoms with Crippen LogP contribution >= 0.6 is 11.6 Å². The molecule has 172 valence electrons. The van der Waals surface area contributed by atoms with Crippen LogP contribution in [0.15, 0.2) is 53.4 Å². The molecule has 1 aliphatic heterocycles. The van der Waals surface area contributed by atoms with Crippen LogP contribution in [0.2, 0.25) is 5.02 Å². The van der Waals surface area contributed by atoms with Gasteiger partial charge in [-0.25, -0.2) is 8.42 Å². The van der Waals surface area contributed by atoms with Crippen molar-refractivity contribution in [3.8, 4) is 0 Å². The first-order valence-corrected chi connectivity index (χ1v) is 13.4. The number of amides is 1. The van der Waals surface area contributed by atoms with Crippen LogP contribution in [0, 0.1) is 0 Å². The van der Waals surface area contributed by atoms with E-state index in [1.807, 2.05) is 24.3 Å². The minimum absolute atomic E-state index is 0.0754. The summed E-state index contributed by atoms with van der Waals surface area (Å²) >= 11 is 5.97. The van der Waals surface area contributed by atoms with Crippen LogP contribution in [0.25, 0.3) is 0 Å². The van der Waals surface area contributed by atoms with Gasteiger partial charge in [0.2, 0.25) is 15.9 Å². The highest BCUT2D eigenvalue weighted by Gasteiger charge is 2.37. The highest BCUT2D eigenvalue weighted by Crippen LogP contribution is 2.36. The summed E-state index contributed by atoms with van der Waals surface area (Å²) in [6, 6.07) is 13.8. The van der Waals surface area contributed by atoms with E-state index in [-0.39, 0.29) is 23.3 Å². The van der Waals surface area contributed by atoms with Crippen molar-refractivity contribution < 1.29 is 13.2 Å². The topological polar surface area (TPSA) is 66.5 Å². The number of fused-ring (bicyclic) bond motifs is 1. The third-order valence-electron chi connectivity index (χ3n) is 6.63. The van der Waals surface area contributed by atoms with Gasteiger partial charge in [0.1, 0.15) is 0 Å². The third-order valence-corrected chi connectivity index (χ3v) is 8.81. The molecule has 0 radical (unpaired) electrons. The monoisotopic (exact) mass is 474 g/mol. The molecule has 0 bridgehead atoms. The number of rotatable bonds is 5. The van der Waals surface area contributed by atoms with E-state index >= 15 is 0 Å². The average molecular weight is 475 g/mol. The second-order valence-electron chi connectivity index (χ2n) is 8.85. The molecule has 0 spiro atoms. The lowest BCUT2D eigenvalue weighted by Crippen LogP contribution is -2.43. The molecular weight excluding hydrogens is 444 g/mol. The molecule has 0 aromatic heterocycles. The van der Waals surface area contributed by atoms with Crippen LogP contribution < -0.4 is 5.32 Å². The summed E-state index contributed by atoms with van der Waals surface area (Å²) < 4.78 is 28.5. The molecule has 1 aliphatic carbocycles. The smallest absolute Gasteiger partial charge is 0.243 e. The summed E-state index contributed by atoms with van der Waals surface area (Å²) in [6.45, 7) is 0.351. The van der Waals surface area contributed by atoms with Gasteiger partial charge in [0.25, 0.3) is 0 Å². The Morgan fingerprint density at radius 2 is 1.62 bits per heavy atom. The van der Waals surface area contributed by atoms with E-state index < -0.39 is 16.1 Å². The Balaban J connectivity index is 1.58. The van der Waals surface area contributed by atoms with Gasteiger partial charge < -0.3 is 5.32 Å². The molecular formula is C25H31ClN2O3S. The Hall–Kier alpha value is -1.89. The SMILES string of the molecule is O=C(CC1c2ccccc2CCN1S(=O)(=O)c1ccc(Cl)cc1)NC1CCCCCCC1. The summed E-state index contributed by atoms with van der Waals surface area (Å²) in [7, 11) is -3.77. The van der Waals surface area contributed by atoms with Gasteiger partial charge in [0.15, 0.2) is 0 Å². The summed E-state index contributed by atoms with van der Waals surface area (Å²) in [5.41, 5.74) is 2.03. The highest BCUT2D eigenvalue weighted by molar-refractivity contribution is 7.89. The van der Waals surface area contributed by atoms with Gasteiger partial charge >= 0.3 is 0 Å². The van der Waals surface area contributed by atoms with E-state index in [0.717, 1.165) is 36.8 Å². The molecule has 4 rings (SSSR count). The van der Waals surface area contributed by atoms with E-state index in [2.05, 4.69) is 5.32 Å². The van der Waals surface area contributed by atoms with Crippen molar-refractivity contribution in [2.24, 2.45) is 0 Å². The predicted molar refractivity (Wildman–Crippen MR) is 127 cm³/mol. The first-order chi connectivity index (χ1) is 15.4. The molecule has 7 heteroatoms. The Morgan fingerprint density at radius 3 is 2.34 bits per heavy atom. The van der Waals surface area contributed by atoms with Crippen LogP contribution in [0.1, 0.15) is 68.5 Å². The van der Waals surface area contributed by atoms with E-state index in [9.17, 15) is 13.2 Å². The minimum Gasteiger partial charge on any atom is -0.353 e. The van der Waals surface area contributed by atoms with Crippen molar-refractivity contribution in [1.82, 2.24) is 9.62 Å². The van der Waals surface area contributed by atoms with Gasteiger partial charge in [-0.3, -0.25) is 4.79 Å². The average Bonchev–Trinajstić information content (AvgIpc) is 2.76. The van der Waals surface area contributed by atoms with Crippen molar-refractivity contribution in [3.05, 3.63) is 64.7 Å². The molecule has 2 aromatic carbocycles. The number of carbonyl (C=O) groups is 1. The molecule has 1 heterocycles. The van der Waals surface area contributed by atoms with Crippen LogP contribution in [-0.2, 0) is 21.2 Å². The van der Waals surface area contributed by atoms with E-state index in [0.29, 0.717) is 18.0 Å². The third kappa shape index (κ3) is 5.36. The lowest BCUT2D eigenvalue weighted by atomic mass is 9.92. The zero-order valence-corrected chi connectivity index (χ0v) is 19.9. The maximum absolute atomic E-state index is 13.5. The molecule has 1 unspecified atom stereocenters. The fraction of sp³-hybridized carbons (Fsp3) is 0.480. The zero-order chi connectivity index (χ0) is 22.6. The molecule has 1 amide bonds. The van der Waals surface area contributed by atoms with Crippen molar-refractivity contribution in [2.45, 2.75) is 74.8 Å². The summed E-state index contributed by atoms with van der Waals surface area (Å²) in [5.74, 6) is -0.0754. The second-order valence-corrected chi connectivity index (χ2v) is 11.2. The molecule has 2 aliphatic rings. The standard InChI is InChI=1S/C25H31ClN2O3S/c26-20-12-14-22(15-13-20)32(30,31)28-17-16-19-8-6-7-11-23(19)24(28)18-25(29)27-21-9-4-2-1-3-5-10-21/h6-8,11-15,21,24H,1-5,9-10,16-18H2,(H,27,29). The molecule has 1 fully saturated rings. The fourth-order valence-electron chi connectivity index (χ4n) is 4.93. The molecule has 2 aromatic rings. The van der Waals surface area contributed by atoms with Gasteiger partial charge in [-0.15, -0.1) is 0 Å². The van der Waals surface area contributed by atoms with Gasteiger partial charge in [-0.1, -0.05) is 68.0 Å². The van der Waals surface area contributed by atoms with Gasteiger partial charge in [0, 0.05) is 24.0 Å². The fourth-order valence-corrected chi connectivity index (χ4v) is 6.66. The number of nitrogens with one attached hydrogen (secondary N) is 1. The number of hydrogen-bond acceptors (Lipinski definition) is 3. The van der Waals surface area contributed by atoms with Gasteiger partial charge in [0.05, 0.1) is 10.9 Å². The highest BCUT2D eigenvalue weighted by atomic mass is 35.5. The van der Waals surface area contributed by atoms with Crippen molar-refractivity contribution in [2.75, 3.05) is 6.54 Å². The molecule has 32 heavy (non-hydrogen) atoms. The zero-order valence-electron chi connectivity index (χ0n) is 18.3. The first kappa shape index (κ1) is 23.3. The Kier molecular flexibility index (Phi) is 7.54. The maximum atomic E-state index is 13.5. The number of nitrogens with zero attached hydrogens (tertiary/aromatic N) is 1. The van der Waals surface area contributed by atoms with Gasteiger partial charge in [-0.2, -0.15) is 4.31 Å². The summed E-state index contributed by atoms with van der Waals surface area (Å²) in [6.07, 6.45) is 8.73. The largest absolute Gasteiger partial charge is 0.353 e. The molecule has 5 nitrogen and oxygen atoms in total. The van der Waals surface area contributed by atoms with Crippen LogP contribution in [0.3, 0.4) is 0 Å². The van der Waals surface area contributed by atoms with Crippen molar-refractivity contribution in [1.29, 1.82) is 0 Å². The number of sulfonamides is 1. The van der Waals surface area contributed by atoms with Crippen LogP contribution in [-0.4, -0.2) is 31.2 Å². The Morgan fingerprint density at radius 1 is 0.969 bits per heavy atom. The number of carbonyl (C=O) groups excluding carboxylic acids is 1.